The minimum Gasteiger partial charge on any atom is -0.457 e. The number of nitrogens with one attached hydrogen (secondary N) is 1. The number of hydrogen-bond donors (Lipinski definition) is 2. The van der Waals surface area contributed by atoms with Gasteiger partial charge in [-0.05, 0) is 66.6 Å². The van der Waals surface area contributed by atoms with Crippen LogP contribution in [0.2, 0.25) is 0 Å². The largest absolute Gasteiger partial charge is 0.457 e. The quantitative estimate of drug-likeness (QED) is 0.563. The molecule has 0 bridgehead atoms. The molecule has 3 N–H and O–H groups in total. The summed E-state index contributed by atoms with van der Waals surface area (Å²) in [5.41, 5.74) is 8.27. The smallest absolute Gasteiger partial charge is 0.251 e. The molecule has 0 spiro atoms. The molecule has 154 valence electrons. The topological polar surface area (TPSA) is 90.7 Å². The molecule has 30 heavy (non-hydrogen) atoms. The molecule has 6 nitrogen and oxygen atoms in total. The van der Waals surface area contributed by atoms with Crippen LogP contribution in [-0.4, -0.2) is 18.4 Å². The van der Waals surface area contributed by atoms with Crippen LogP contribution in [0.5, 0.6) is 11.5 Å². The molecule has 3 aromatic carbocycles. The molecule has 3 rings (SSSR count). The van der Waals surface area contributed by atoms with Gasteiger partial charge in [0.1, 0.15) is 11.5 Å². The Kier molecular flexibility index (Phi) is 7.19. The Morgan fingerprint density at radius 3 is 1.97 bits per heavy atom. The summed E-state index contributed by atoms with van der Waals surface area (Å²) < 4.78 is 11.2. The van der Waals surface area contributed by atoms with Crippen LogP contribution in [-0.2, 0) is 17.9 Å². The molecule has 0 aliphatic carbocycles. The molecular formula is C24H24N2O4. The number of nitrogens with two attached hydrogens (primary N) is 1. The maximum Gasteiger partial charge on any atom is 0.251 e. The Morgan fingerprint density at radius 1 is 0.833 bits per heavy atom. The van der Waals surface area contributed by atoms with E-state index in [9.17, 15) is 9.59 Å². The van der Waals surface area contributed by atoms with E-state index in [4.69, 9.17) is 15.2 Å². The first kappa shape index (κ1) is 21.1. The number of hydrogen-bond acceptors (Lipinski definition) is 4. The second-order valence-electron chi connectivity index (χ2n) is 6.60. The second kappa shape index (κ2) is 10.2. The monoisotopic (exact) mass is 404 g/mol. The van der Waals surface area contributed by atoms with Gasteiger partial charge in [-0.3, -0.25) is 9.59 Å². The van der Waals surface area contributed by atoms with Crippen molar-refractivity contribution in [3.05, 3.63) is 95.1 Å². The van der Waals surface area contributed by atoms with E-state index < -0.39 is 5.91 Å². The number of benzene rings is 3. The number of carbonyl (C=O) groups is 2. The zero-order chi connectivity index (χ0) is 21.3. The Labute approximate surface area is 175 Å². The van der Waals surface area contributed by atoms with Crippen LogP contribution in [0.25, 0.3) is 0 Å². The van der Waals surface area contributed by atoms with Gasteiger partial charge < -0.3 is 20.5 Å². The Balaban J connectivity index is 1.58. The predicted octanol–water partition coefficient (Wildman–Crippen LogP) is 4.04. The summed E-state index contributed by atoms with van der Waals surface area (Å²) >= 11 is 0. The molecule has 0 radical (unpaired) electrons. The van der Waals surface area contributed by atoms with E-state index >= 15 is 0 Å². The van der Waals surface area contributed by atoms with Crippen molar-refractivity contribution >= 4 is 11.8 Å². The summed E-state index contributed by atoms with van der Waals surface area (Å²) in [6, 6.07) is 21.3. The average molecular weight is 404 g/mol. The standard InChI is InChI=1S/C24H24N2O4/c1-2-29-16-20-6-4-3-5-19(20)15-26-24(28)18-9-13-22(14-10-18)30-21-11-7-17(8-12-21)23(25)27/h3-14H,2,15-16H2,1H3,(H2,25,27)(H,26,28). The van der Waals surface area contributed by atoms with Crippen molar-refractivity contribution < 1.29 is 19.1 Å². The van der Waals surface area contributed by atoms with Crippen LogP contribution in [0, 0.1) is 0 Å². The highest BCUT2D eigenvalue weighted by molar-refractivity contribution is 5.94. The zero-order valence-corrected chi connectivity index (χ0v) is 16.8. The lowest BCUT2D eigenvalue weighted by Gasteiger charge is -2.11. The lowest BCUT2D eigenvalue weighted by atomic mass is 10.1. The minimum absolute atomic E-state index is 0.168. The fourth-order valence-electron chi connectivity index (χ4n) is 2.86. The first-order valence-electron chi connectivity index (χ1n) is 9.67. The van der Waals surface area contributed by atoms with E-state index in [1.807, 2.05) is 31.2 Å². The molecule has 0 heterocycles. The highest BCUT2D eigenvalue weighted by Gasteiger charge is 2.08. The van der Waals surface area contributed by atoms with E-state index in [1.54, 1.807) is 48.5 Å². The zero-order valence-electron chi connectivity index (χ0n) is 16.8. The lowest BCUT2D eigenvalue weighted by molar-refractivity contribution is 0.0948. The Morgan fingerprint density at radius 2 is 1.40 bits per heavy atom. The minimum atomic E-state index is -0.488. The van der Waals surface area contributed by atoms with Crippen molar-refractivity contribution in [1.29, 1.82) is 0 Å². The van der Waals surface area contributed by atoms with Crippen LogP contribution in [0.3, 0.4) is 0 Å². The van der Waals surface area contributed by atoms with Crippen molar-refractivity contribution in [3.8, 4) is 11.5 Å². The summed E-state index contributed by atoms with van der Waals surface area (Å²) in [4.78, 5) is 23.6. The first-order valence-corrected chi connectivity index (χ1v) is 9.67. The van der Waals surface area contributed by atoms with Gasteiger partial charge in [-0.25, -0.2) is 0 Å². The van der Waals surface area contributed by atoms with Gasteiger partial charge in [0.05, 0.1) is 6.61 Å². The van der Waals surface area contributed by atoms with Crippen molar-refractivity contribution in [1.82, 2.24) is 5.32 Å². The van der Waals surface area contributed by atoms with E-state index in [0.29, 0.717) is 42.4 Å². The molecule has 0 aromatic heterocycles. The van der Waals surface area contributed by atoms with Crippen LogP contribution < -0.4 is 15.8 Å². The van der Waals surface area contributed by atoms with Gasteiger partial charge in [0, 0.05) is 24.3 Å². The summed E-state index contributed by atoms with van der Waals surface area (Å²) in [5, 5.41) is 2.94. The van der Waals surface area contributed by atoms with Gasteiger partial charge in [-0.1, -0.05) is 24.3 Å². The molecule has 0 saturated carbocycles. The number of ether oxygens (including phenoxy) is 2. The van der Waals surface area contributed by atoms with E-state index in [-0.39, 0.29) is 5.91 Å². The fraction of sp³-hybridized carbons (Fsp3) is 0.167. The van der Waals surface area contributed by atoms with Gasteiger partial charge in [-0.2, -0.15) is 0 Å². The van der Waals surface area contributed by atoms with Crippen LogP contribution >= 0.6 is 0 Å². The molecule has 2 amide bonds. The maximum absolute atomic E-state index is 12.5. The summed E-state index contributed by atoms with van der Waals surface area (Å²) in [5.74, 6) is 0.500. The number of primary amides is 1. The normalized spacial score (nSPS) is 10.4. The van der Waals surface area contributed by atoms with Crippen LogP contribution in [0.4, 0.5) is 0 Å². The third-order valence-corrected chi connectivity index (χ3v) is 4.51. The Bertz CT molecular complexity index is 998. The van der Waals surface area contributed by atoms with E-state index in [1.165, 1.54) is 0 Å². The van der Waals surface area contributed by atoms with E-state index in [2.05, 4.69) is 5.32 Å². The van der Waals surface area contributed by atoms with Gasteiger partial charge in [0.2, 0.25) is 5.91 Å². The SMILES string of the molecule is CCOCc1ccccc1CNC(=O)c1ccc(Oc2ccc(C(N)=O)cc2)cc1. The number of carbonyl (C=O) groups excluding carboxylic acids is 2. The highest BCUT2D eigenvalue weighted by Crippen LogP contribution is 2.22. The maximum atomic E-state index is 12.5. The lowest BCUT2D eigenvalue weighted by Crippen LogP contribution is -2.23. The predicted molar refractivity (Wildman–Crippen MR) is 114 cm³/mol. The summed E-state index contributed by atoms with van der Waals surface area (Å²) in [6.45, 7) is 3.54. The van der Waals surface area contributed by atoms with Gasteiger partial charge in [0.15, 0.2) is 0 Å². The fourth-order valence-corrected chi connectivity index (χ4v) is 2.86. The average Bonchev–Trinajstić information content (AvgIpc) is 2.77. The van der Waals surface area contributed by atoms with Crippen molar-refractivity contribution in [2.24, 2.45) is 5.73 Å². The number of rotatable bonds is 9. The summed E-state index contributed by atoms with van der Waals surface area (Å²) in [7, 11) is 0. The van der Waals surface area contributed by atoms with Gasteiger partial charge >= 0.3 is 0 Å². The first-order chi connectivity index (χ1) is 14.6. The van der Waals surface area contributed by atoms with E-state index in [0.717, 1.165) is 11.1 Å². The molecule has 0 saturated heterocycles. The summed E-state index contributed by atoms with van der Waals surface area (Å²) in [6.07, 6.45) is 0. The van der Waals surface area contributed by atoms with Crippen molar-refractivity contribution in [2.45, 2.75) is 20.1 Å². The van der Waals surface area contributed by atoms with Gasteiger partial charge in [0.25, 0.3) is 5.91 Å². The molecule has 0 fully saturated rings. The molecule has 0 aliphatic rings. The molecule has 0 unspecified atom stereocenters. The molecule has 6 heteroatoms. The van der Waals surface area contributed by atoms with Crippen molar-refractivity contribution in [2.75, 3.05) is 6.61 Å². The van der Waals surface area contributed by atoms with Crippen LogP contribution in [0.15, 0.2) is 72.8 Å². The molecule has 0 atom stereocenters. The van der Waals surface area contributed by atoms with Crippen LogP contribution in [0.1, 0.15) is 38.8 Å². The second-order valence-corrected chi connectivity index (χ2v) is 6.60. The Hall–Kier alpha value is -3.64. The molecule has 3 aromatic rings. The third-order valence-electron chi connectivity index (χ3n) is 4.51. The van der Waals surface area contributed by atoms with Gasteiger partial charge in [-0.15, -0.1) is 0 Å². The molecular weight excluding hydrogens is 380 g/mol. The third kappa shape index (κ3) is 5.68. The number of amides is 2. The molecule has 0 aliphatic heterocycles. The highest BCUT2D eigenvalue weighted by atomic mass is 16.5. The van der Waals surface area contributed by atoms with Crippen molar-refractivity contribution in [3.63, 3.8) is 0 Å².